The molecule has 0 heterocycles. The second-order valence-corrected chi connectivity index (χ2v) is 5.29. The summed E-state index contributed by atoms with van der Waals surface area (Å²) in [6.07, 6.45) is 3.53. The van der Waals surface area contributed by atoms with Crippen molar-refractivity contribution in [3.63, 3.8) is 0 Å². The van der Waals surface area contributed by atoms with Crippen molar-refractivity contribution in [1.82, 2.24) is 4.90 Å². The topological polar surface area (TPSA) is 3.24 Å². The minimum atomic E-state index is 0.358. The molecule has 0 atom stereocenters. The molecule has 0 fully saturated rings. The number of allylic oxidation sites excluding steroid dienone is 1. The smallest absolute Gasteiger partial charge is 0.0172 e. The molecule has 14 heavy (non-hydrogen) atoms. The third kappa shape index (κ3) is 6.06. The summed E-state index contributed by atoms with van der Waals surface area (Å²) in [5.74, 6) is 0. The van der Waals surface area contributed by atoms with Crippen LogP contribution in [0.3, 0.4) is 0 Å². The summed E-state index contributed by atoms with van der Waals surface area (Å²) in [5, 5.41) is 0. The lowest BCUT2D eigenvalue weighted by molar-refractivity contribution is 0.290. The zero-order chi connectivity index (χ0) is 11.2. The summed E-state index contributed by atoms with van der Waals surface area (Å²) in [5.41, 5.74) is 1.66. The first kappa shape index (κ1) is 13.5. The Morgan fingerprint density at radius 2 is 1.50 bits per heavy atom. The molecule has 0 aromatic rings. The van der Waals surface area contributed by atoms with Gasteiger partial charge in [-0.15, -0.1) is 0 Å². The average Bonchev–Trinajstić information content (AvgIpc) is 2.01. The summed E-state index contributed by atoms with van der Waals surface area (Å²) in [4.78, 5) is 2.44. The summed E-state index contributed by atoms with van der Waals surface area (Å²) >= 11 is 0. The van der Waals surface area contributed by atoms with Crippen molar-refractivity contribution in [2.24, 2.45) is 5.41 Å². The molecule has 0 rings (SSSR count). The van der Waals surface area contributed by atoms with Gasteiger partial charge in [0, 0.05) is 18.8 Å². The van der Waals surface area contributed by atoms with E-state index in [9.17, 15) is 0 Å². The third-order valence-corrected chi connectivity index (χ3v) is 2.17. The van der Waals surface area contributed by atoms with Gasteiger partial charge < -0.3 is 4.90 Å². The Kier molecular flexibility index (Phi) is 5.90. The van der Waals surface area contributed by atoms with Crippen LogP contribution in [-0.4, -0.2) is 18.0 Å². The Morgan fingerprint density at radius 1 is 1.07 bits per heavy atom. The predicted molar refractivity (Wildman–Crippen MR) is 65.4 cm³/mol. The fourth-order valence-electron chi connectivity index (χ4n) is 1.69. The van der Waals surface area contributed by atoms with Crippen molar-refractivity contribution in [2.45, 2.75) is 53.9 Å². The molecule has 84 valence electrons. The minimum Gasteiger partial charge on any atom is -0.375 e. The molecular formula is C13H27N. The predicted octanol–water partition coefficient (Wildman–Crippen LogP) is 4.06. The Hall–Kier alpha value is -0.460. The molecule has 0 saturated heterocycles. The second kappa shape index (κ2) is 6.10. The average molecular weight is 197 g/mol. The number of rotatable bonds is 6. The van der Waals surface area contributed by atoms with Crippen molar-refractivity contribution in [3.8, 4) is 0 Å². The molecule has 0 aliphatic carbocycles. The van der Waals surface area contributed by atoms with Crippen LogP contribution in [0.15, 0.2) is 12.3 Å². The highest BCUT2D eigenvalue weighted by Gasteiger charge is 2.15. The first-order chi connectivity index (χ1) is 6.40. The summed E-state index contributed by atoms with van der Waals surface area (Å²) < 4.78 is 0. The first-order valence-electron chi connectivity index (χ1n) is 5.83. The van der Waals surface area contributed by atoms with Gasteiger partial charge in [-0.2, -0.15) is 0 Å². The van der Waals surface area contributed by atoms with Crippen LogP contribution in [0.1, 0.15) is 53.9 Å². The van der Waals surface area contributed by atoms with Crippen LogP contribution in [0, 0.1) is 5.41 Å². The molecular weight excluding hydrogens is 170 g/mol. The van der Waals surface area contributed by atoms with Gasteiger partial charge in [-0.05, 0) is 24.7 Å². The SMILES string of the molecule is C=C(CC(C)(C)C)N(CCC)CCC. The van der Waals surface area contributed by atoms with E-state index in [2.05, 4.69) is 46.1 Å². The highest BCUT2D eigenvalue weighted by Crippen LogP contribution is 2.25. The van der Waals surface area contributed by atoms with Crippen molar-refractivity contribution < 1.29 is 0 Å². The van der Waals surface area contributed by atoms with Crippen LogP contribution in [0.5, 0.6) is 0 Å². The van der Waals surface area contributed by atoms with Crippen molar-refractivity contribution >= 4 is 0 Å². The maximum absolute atomic E-state index is 4.20. The first-order valence-corrected chi connectivity index (χ1v) is 5.83. The monoisotopic (exact) mass is 197 g/mol. The standard InChI is InChI=1S/C13H27N/c1-7-9-14(10-8-2)12(3)11-13(4,5)6/h3,7-11H2,1-2,4-6H3. The molecule has 0 saturated carbocycles. The van der Waals surface area contributed by atoms with Crippen molar-refractivity contribution in [3.05, 3.63) is 12.3 Å². The molecule has 0 aromatic heterocycles. The van der Waals surface area contributed by atoms with E-state index in [4.69, 9.17) is 0 Å². The molecule has 0 unspecified atom stereocenters. The van der Waals surface area contributed by atoms with Gasteiger partial charge >= 0.3 is 0 Å². The molecule has 0 aliphatic heterocycles. The molecule has 0 N–H and O–H groups in total. The summed E-state index contributed by atoms with van der Waals surface area (Å²) in [6, 6.07) is 0. The maximum Gasteiger partial charge on any atom is 0.0172 e. The van der Waals surface area contributed by atoms with Crippen LogP contribution in [0.2, 0.25) is 0 Å². The Balaban J connectivity index is 4.14. The second-order valence-electron chi connectivity index (χ2n) is 5.29. The fourth-order valence-corrected chi connectivity index (χ4v) is 1.69. The van der Waals surface area contributed by atoms with E-state index in [-0.39, 0.29) is 0 Å². The van der Waals surface area contributed by atoms with E-state index in [1.807, 2.05) is 0 Å². The highest BCUT2D eigenvalue weighted by atomic mass is 15.1. The van der Waals surface area contributed by atoms with E-state index in [1.54, 1.807) is 0 Å². The fraction of sp³-hybridized carbons (Fsp3) is 0.846. The van der Waals surface area contributed by atoms with Gasteiger partial charge in [0.1, 0.15) is 0 Å². The van der Waals surface area contributed by atoms with Gasteiger partial charge in [0.05, 0.1) is 0 Å². The third-order valence-electron chi connectivity index (χ3n) is 2.17. The van der Waals surface area contributed by atoms with Crippen LogP contribution in [-0.2, 0) is 0 Å². The largest absolute Gasteiger partial charge is 0.375 e. The summed E-state index contributed by atoms with van der Waals surface area (Å²) in [6.45, 7) is 17.8. The molecule has 0 amide bonds. The van der Waals surface area contributed by atoms with E-state index in [1.165, 1.54) is 18.5 Å². The van der Waals surface area contributed by atoms with E-state index >= 15 is 0 Å². The number of nitrogens with zero attached hydrogens (tertiary/aromatic N) is 1. The number of hydrogen-bond acceptors (Lipinski definition) is 1. The van der Waals surface area contributed by atoms with E-state index in [0.717, 1.165) is 19.5 Å². The van der Waals surface area contributed by atoms with E-state index < -0.39 is 0 Å². The molecule has 0 spiro atoms. The zero-order valence-electron chi connectivity index (χ0n) is 10.7. The Morgan fingerprint density at radius 3 is 1.79 bits per heavy atom. The molecule has 0 aromatic carbocycles. The Bertz CT molecular complexity index is 159. The van der Waals surface area contributed by atoms with Gasteiger partial charge in [-0.25, -0.2) is 0 Å². The summed E-state index contributed by atoms with van der Waals surface area (Å²) in [7, 11) is 0. The molecule has 0 bridgehead atoms. The minimum absolute atomic E-state index is 0.358. The lowest BCUT2D eigenvalue weighted by Gasteiger charge is -2.30. The van der Waals surface area contributed by atoms with Crippen LogP contribution in [0.25, 0.3) is 0 Å². The van der Waals surface area contributed by atoms with Crippen LogP contribution < -0.4 is 0 Å². The van der Waals surface area contributed by atoms with E-state index in [0.29, 0.717) is 5.41 Å². The van der Waals surface area contributed by atoms with Gasteiger partial charge in [-0.1, -0.05) is 41.2 Å². The zero-order valence-corrected chi connectivity index (χ0v) is 10.7. The van der Waals surface area contributed by atoms with Gasteiger partial charge in [0.2, 0.25) is 0 Å². The number of hydrogen-bond donors (Lipinski definition) is 0. The van der Waals surface area contributed by atoms with Crippen molar-refractivity contribution in [1.29, 1.82) is 0 Å². The molecule has 0 aliphatic rings. The van der Waals surface area contributed by atoms with Crippen LogP contribution in [0.4, 0.5) is 0 Å². The Labute approximate surface area is 90.2 Å². The quantitative estimate of drug-likeness (QED) is 0.620. The van der Waals surface area contributed by atoms with Crippen molar-refractivity contribution in [2.75, 3.05) is 13.1 Å². The lowest BCUT2D eigenvalue weighted by Crippen LogP contribution is -2.26. The molecule has 1 nitrogen and oxygen atoms in total. The highest BCUT2D eigenvalue weighted by molar-refractivity contribution is 4.97. The van der Waals surface area contributed by atoms with Gasteiger partial charge in [-0.3, -0.25) is 0 Å². The molecule has 0 radical (unpaired) electrons. The lowest BCUT2D eigenvalue weighted by atomic mass is 9.90. The van der Waals surface area contributed by atoms with Crippen LogP contribution >= 0.6 is 0 Å². The molecule has 1 heteroatoms. The van der Waals surface area contributed by atoms with Gasteiger partial charge in [0.15, 0.2) is 0 Å². The normalized spacial score (nSPS) is 11.5. The maximum atomic E-state index is 4.20. The van der Waals surface area contributed by atoms with Gasteiger partial charge in [0.25, 0.3) is 0 Å².